The van der Waals surface area contributed by atoms with Gasteiger partial charge in [0.2, 0.25) is 70.9 Å². The highest BCUT2D eigenvalue weighted by molar-refractivity contribution is 14.1. The lowest BCUT2D eigenvalue weighted by Crippen LogP contribution is -2.64. The predicted molar refractivity (Wildman–Crippen MR) is 386 cm³/mol. The summed E-state index contributed by atoms with van der Waals surface area (Å²) in [6.07, 6.45) is -3.91. The first-order chi connectivity index (χ1) is 47.8. The monoisotopic (exact) mass is 1540 g/mol. The normalized spacial score (nSPS) is 24.3. The van der Waals surface area contributed by atoms with Gasteiger partial charge in [0.1, 0.15) is 53.9 Å². The van der Waals surface area contributed by atoms with Crippen LogP contribution in [0.3, 0.4) is 0 Å². The number of halogens is 4. The van der Waals surface area contributed by atoms with E-state index in [0.717, 1.165) is 53.4 Å². The van der Waals surface area contributed by atoms with Crippen LogP contribution in [-0.4, -0.2) is 239 Å². The van der Waals surface area contributed by atoms with Gasteiger partial charge in [0, 0.05) is 84.8 Å². The highest BCUT2D eigenvalue weighted by Gasteiger charge is 2.47. The number of hydrogen-bond acceptors (Lipinski definition) is 12. The van der Waals surface area contributed by atoms with Gasteiger partial charge in [0.15, 0.2) is 0 Å². The average Bonchev–Trinajstić information content (AvgIpc) is 0.795. The van der Waals surface area contributed by atoms with E-state index in [1.54, 1.807) is 62.1 Å². The second-order valence-corrected chi connectivity index (χ2v) is 30.2. The second kappa shape index (κ2) is 36.3. The number of aryl methyl sites for hydroxylation is 1. The topological polar surface area (TPSA) is 279 Å². The molecule has 3 aromatic rings. The van der Waals surface area contributed by atoms with Crippen molar-refractivity contribution in [2.75, 3.05) is 75.0 Å². The summed E-state index contributed by atoms with van der Waals surface area (Å²) in [5.41, 5.74) is -1.45. The fourth-order valence-corrected chi connectivity index (χ4v) is 13.6. The van der Waals surface area contributed by atoms with E-state index in [0.29, 0.717) is 43.5 Å². The molecule has 3 saturated heterocycles. The molecule has 24 nitrogen and oxygen atoms in total. The third-order valence-electron chi connectivity index (χ3n) is 19.9. The molecule has 0 bridgehead atoms. The van der Waals surface area contributed by atoms with Gasteiger partial charge in [-0.15, -0.1) is 0 Å². The highest BCUT2D eigenvalue weighted by atomic mass is 127. The number of carbonyl (C=O) groups excluding carboxylic acids is 12. The number of fused-ring (bicyclic) bond motifs is 1. The molecular formula is C74H104F3IN12O12. The van der Waals surface area contributed by atoms with Crippen LogP contribution in [0.5, 0.6) is 0 Å². The molecule has 0 radical (unpaired) electrons. The zero-order valence-corrected chi connectivity index (χ0v) is 63.7. The number of carbonyl (C=O) groups is 12. The van der Waals surface area contributed by atoms with Crippen LogP contribution in [0.25, 0.3) is 0 Å². The van der Waals surface area contributed by atoms with Crippen molar-refractivity contribution >= 4 is 93.5 Å². The van der Waals surface area contributed by atoms with Crippen LogP contribution in [0.4, 0.5) is 13.2 Å². The molecule has 0 spiro atoms. The number of likely N-dealkylation sites (tertiary alicyclic amines) is 1. The summed E-state index contributed by atoms with van der Waals surface area (Å²) in [6.45, 7) is 14.9. The molecule has 0 saturated carbocycles. The first-order valence-electron chi connectivity index (χ1n) is 35.1. The largest absolute Gasteiger partial charge is 0.416 e. The first-order valence-corrected chi connectivity index (χ1v) is 36.2. The molecule has 12 amide bonds. The van der Waals surface area contributed by atoms with E-state index < -0.39 is 174 Å². The van der Waals surface area contributed by atoms with Gasteiger partial charge in [-0.3, -0.25) is 57.5 Å². The first kappa shape index (κ1) is 82.8. The van der Waals surface area contributed by atoms with Gasteiger partial charge < -0.3 is 60.5 Å². The lowest BCUT2D eigenvalue weighted by Gasteiger charge is -2.43. The van der Waals surface area contributed by atoms with Crippen molar-refractivity contribution in [2.24, 2.45) is 17.8 Å². The number of amides is 12. The third-order valence-corrected chi connectivity index (χ3v) is 20.6. The second-order valence-electron chi connectivity index (χ2n) is 29.0. The number of alkyl halides is 3. The van der Waals surface area contributed by atoms with Gasteiger partial charge >= 0.3 is 6.18 Å². The molecule has 28 heteroatoms. The van der Waals surface area contributed by atoms with Gasteiger partial charge in [0.05, 0.1) is 25.1 Å². The van der Waals surface area contributed by atoms with Crippen molar-refractivity contribution in [3.63, 3.8) is 0 Å². The molecule has 0 aromatic heterocycles. The molecule has 102 heavy (non-hydrogen) atoms. The average molecular weight is 1540 g/mol. The molecule has 3 heterocycles. The minimum Gasteiger partial charge on any atom is -0.342 e. The van der Waals surface area contributed by atoms with E-state index in [2.05, 4.69) is 43.9 Å². The molecule has 560 valence electrons. The summed E-state index contributed by atoms with van der Waals surface area (Å²) in [4.78, 5) is 188. The number of rotatable bonds is 13. The lowest BCUT2D eigenvalue weighted by molar-refractivity contribution is -0.157. The Balaban J connectivity index is 1.48. The van der Waals surface area contributed by atoms with Crippen molar-refractivity contribution in [3.8, 4) is 0 Å². The van der Waals surface area contributed by atoms with Crippen LogP contribution in [0.15, 0.2) is 72.8 Å². The smallest absolute Gasteiger partial charge is 0.342 e. The molecule has 0 aliphatic carbocycles. The number of hydrogen-bond donors (Lipinski definition) is 4. The Labute approximate surface area is 611 Å². The number of benzene rings is 3. The maximum Gasteiger partial charge on any atom is 0.416 e. The number of nitrogens with one attached hydrogen (secondary N) is 4. The van der Waals surface area contributed by atoms with Crippen molar-refractivity contribution < 1.29 is 70.7 Å². The van der Waals surface area contributed by atoms with Crippen LogP contribution in [0.1, 0.15) is 135 Å². The van der Waals surface area contributed by atoms with Gasteiger partial charge in [0.25, 0.3) is 0 Å². The quantitative estimate of drug-likeness (QED) is 0.157. The molecule has 1 unspecified atom stereocenters. The maximum atomic E-state index is 15.3. The molecule has 3 aromatic carbocycles. The Bertz CT molecular complexity index is 3530. The van der Waals surface area contributed by atoms with Gasteiger partial charge in [-0.05, 0) is 135 Å². The summed E-state index contributed by atoms with van der Waals surface area (Å²) in [7, 11) is 8.06. The van der Waals surface area contributed by atoms with E-state index in [1.165, 1.54) is 76.9 Å². The van der Waals surface area contributed by atoms with E-state index in [-0.39, 0.29) is 50.5 Å². The third kappa shape index (κ3) is 21.5. The lowest BCUT2D eigenvalue weighted by atomic mass is 9.94. The zero-order valence-electron chi connectivity index (χ0n) is 61.6. The predicted octanol–water partition coefficient (Wildman–Crippen LogP) is 5.38. The Kier molecular flexibility index (Phi) is 29.5. The molecular weight excluding hydrogens is 1430 g/mol. The zero-order chi connectivity index (χ0) is 76.0. The van der Waals surface area contributed by atoms with Gasteiger partial charge in [-0.25, -0.2) is 0 Å². The minimum absolute atomic E-state index is 0.0366. The van der Waals surface area contributed by atoms with Crippen LogP contribution >= 0.6 is 22.6 Å². The molecule has 3 aliphatic heterocycles. The van der Waals surface area contributed by atoms with Crippen molar-refractivity contribution in [2.45, 2.75) is 193 Å². The van der Waals surface area contributed by atoms with E-state index in [4.69, 9.17) is 0 Å². The molecule has 4 N–H and O–H groups in total. The highest BCUT2D eigenvalue weighted by Crippen LogP contribution is 2.33. The van der Waals surface area contributed by atoms with Gasteiger partial charge in [-0.1, -0.05) is 108 Å². The fraction of sp³-hybridized carbons (Fsp3) is 0.595. The summed E-state index contributed by atoms with van der Waals surface area (Å²) in [6, 6.07) is 7.33. The van der Waals surface area contributed by atoms with Gasteiger partial charge in [-0.2, -0.15) is 13.2 Å². The SMILES string of the molecule is CC[C@H](C)C1NC(=O)[C@H](CC(C)C)N(C)C(=O)C[C@@H](C(=O)N2CCCCC2)N(C)C(=O)[C@H](CC(C)C)NC(=O)C(C)(C)N(C)C(=O)[C@H](Cc2ccccc2C(F)(F)F)NC(=O)[C@H](Cc2cccc(I)c2)NC(=O)CN(C)C(=O)[C@H](Cc2ccc(C)cc2)N(C)C(=O)[C@@H]2CCN2C(=O)CN(C)C1=O. The van der Waals surface area contributed by atoms with Crippen LogP contribution < -0.4 is 21.3 Å². The summed E-state index contributed by atoms with van der Waals surface area (Å²) in [5.74, 6) is -10.3. The van der Waals surface area contributed by atoms with Crippen molar-refractivity contribution in [1.82, 2.24) is 60.5 Å². The maximum absolute atomic E-state index is 15.3. The Morgan fingerprint density at radius 2 is 1.23 bits per heavy atom. The Morgan fingerprint density at radius 1 is 0.598 bits per heavy atom. The van der Waals surface area contributed by atoms with Crippen LogP contribution in [0.2, 0.25) is 0 Å². The number of nitrogens with zero attached hydrogens (tertiary/aromatic N) is 8. The number of piperidine rings is 1. The molecule has 6 rings (SSSR count). The Morgan fingerprint density at radius 3 is 1.81 bits per heavy atom. The van der Waals surface area contributed by atoms with E-state index >= 15 is 19.2 Å². The standard InChI is InChI=1S/C74H104F3IN12O12/c1-16-47(7)63-71(101)84(11)43-62(93)90-34-31-56(90)69(99)87(14)58(39-48-29-27-46(6)28-30-48)68(98)83(10)42-60(91)79-53(38-49-23-22-25-51(78)37-49)64(94)80-55(40-50-24-18-19-26-52(50)74(75,76)77)67(97)88(15)73(8,9)72(102)81-54(35-44(2)3)66(96)86(13)59(70(100)89-32-20-17-21-33-89)41-61(92)85(12)57(36-45(4)5)65(95)82-63/h18-19,22-30,37,44-45,47,53-59,63H,16-17,20-21,31-36,38-43H2,1-15H3,(H,79,91)(H,80,94)(H,81,102)(H,82,95)/t47-,53-,54-,55-,56-,57-,58-,59-,63?/m0/s1. The summed E-state index contributed by atoms with van der Waals surface area (Å²) < 4.78 is 45.3. The van der Waals surface area contributed by atoms with Crippen molar-refractivity contribution in [3.05, 3.63) is 104 Å². The molecule has 3 fully saturated rings. The van der Waals surface area contributed by atoms with E-state index in [9.17, 15) is 51.5 Å². The number of likely N-dealkylation sites (N-methyl/N-ethyl adjacent to an activating group) is 6. The van der Waals surface area contributed by atoms with Crippen LogP contribution in [-0.2, 0) is 83.0 Å². The summed E-state index contributed by atoms with van der Waals surface area (Å²) in [5, 5.41) is 11.0. The molecule has 3 aliphatic rings. The van der Waals surface area contributed by atoms with E-state index in [1.807, 2.05) is 39.8 Å². The fourth-order valence-electron chi connectivity index (χ4n) is 12.9. The summed E-state index contributed by atoms with van der Waals surface area (Å²) >= 11 is 2.06. The van der Waals surface area contributed by atoms with Crippen LogP contribution in [0, 0.1) is 28.2 Å². The van der Waals surface area contributed by atoms with Crippen molar-refractivity contribution in [1.29, 1.82) is 0 Å². The minimum atomic E-state index is -4.94. The Hall–Kier alpha value is -8.18. The molecule has 9 atom stereocenters.